The highest BCUT2D eigenvalue weighted by atomic mass is 32.1. The number of fused-ring (bicyclic) bond motifs is 1. The topological polar surface area (TPSA) is 80.0 Å². The number of unbranched alkanes of at least 4 members (excludes halogenated alkanes) is 2. The van der Waals surface area contributed by atoms with Crippen molar-refractivity contribution in [2.24, 2.45) is 0 Å². The van der Waals surface area contributed by atoms with Gasteiger partial charge in [-0.2, -0.15) is 4.98 Å². The molecule has 3 rings (SSSR count). The standard InChI is InChI=1S/C20H22N4O2S/c1-3-4-5-11-17(25)23-20(27)22-15-9-6-8-14(13(15)2)19-24-18-16(26-19)10-7-12-21-18/h6-10,12H,3-5,11H2,1-2H3,(H2,22,23,25,27). The Morgan fingerprint density at radius 1 is 1.22 bits per heavy atom. The first-order chi connectivity index (χ1) is 13.1. The van der Waals surface area contributed by atoms with E-state index < -0.39 is 0 Å². The fourth-order valence-electron chi connectivity index (χ4n) is 2.77. The Morgan fingerprint density at radius 2 is 2.07 bits per heavy atom. The molecule has 6 nitrogen and oxygen atoms in total. The molecule has 3 aromatic rings. The lowest BCUT2D eigenvalue weighted by Gasteiger charge is -2.13. The van der Waals surface area contributed by atoms with Crippen molar-refractivity contribution >= 4 is 40.2 Å². The highest BCUT2D eigenvalue weighted by Gasteiger charge is 2.14. The molecule has 0 saturated heterocycles. The number of nitrogens with one attached hydrogen (secondary N) is 2. The minimum Gasteiger partial charge on any atom is -0.434 e. The lowest BCUT2D eigenvalue weighted by molar-refractivity contribution is -0.119. The molecule has 1 amide bonds. The van der Waals surface area contributed by atoms with Crippen LogP contribution >= 0.6 is 12.2 Å². The van der Waals surface area contributed by atoms with E-state index in [4.69, 9.17) is 16.6 Å². The maximum absolute atomic E-state index is 11.9. The number of carbonyl (C=O) groups is 1. The first-order valence-corrected chi connectivity index (χ1v) is 9.41. The molecule has 140 valence electrons. The van der Waals surface area contributed by atoms with Crippen LogP contribution in [0.15, 0.2) is 40.9 Å². The number of nitrogens with zero attached hydrogens (tertiary/aromatic N) is 2. The minimum atomic E-state index is -0.0696. The molecular weight excluding hydrogens is 360 g/mol. The summed E-state index contributed by atoms with van der Waals surface area (Å²) in [4.78, 5) is 20.6. The monoisotopic (exact) mass is 382 g/mol. The lowest BCUT2D eigenvalue weighted by Crippen LogP contribution is -2.34. The number of hydrogen-bond donors (Lipinski definition) is 2. The van der Waals surface area contributed by atoms with Crippen LogP contribution in [0.3, 0.4) is 0 Å². The third kappa shape index (κ3) is 4.68. The van der Waals surface area contributed by atoms with Crippen LogP contribution in [0.1, 0.15) is 38.2 Å². The van der Waals surface area contributed by atoms with Gasteiger partial charge in [0.25, 0.3) is 0 Å². The Bertz CT molecular complexity index is 935. The van der Waals surface area contributed by atoms with Gasteiger partial charge in [0.2, 0.25) is 11.8 Å². The number of aromatic nitrogens is 2. The Morgan fingerprint density at radius 3 is 2.85 bits per heavy atom. The third-order valence-corrected chi connectivity index (χ3v) is 4.44. The second-order valence-electron chi connectivity index (χ2n) is 6.28. The van der Waals surface area contributed by atoms with Crippen molar-refractivity contribution in [1.82, 2.24) is 15.3 Å². The second-order valence-corrected chi connectivity index (χ2v) is 6.69. The van der Waals surface area contributed by atoms with Crippen LogP contribution in [-0.2, 0) is 4.79 Å². The van der Waals surface area contributed by atoms with Gasteiger partial charge in [0.15, 0.2) is 16.3 Å². The van der Waals surface area contributed by atoms with E-state index in [1.807, 2.05) is 37.3 Å². The summed E-state index contributed by atoms with van der Waals surface area (Å²) in [5.74, 6) is 0.430. The van der Waals surface area contributed by atoms with Gasteiger partial charge in [0, 0.05) is 23.9 Å². The van der Waals surface area contributed by atoms with Crippen molar-refractivity contribution in [1.29, 1.82) is 0 Å². The molecule has 2 N–H and O–H groups in total. The first kappa shape index (κ1) is 19.0. The van der Waals surface area contributed by atoms with Crippen LogP contribution < -0.4 is 10.6 Å². The summed E-state index contributed by atoms with van der Waals surface area (Å²) in [5, 5.41) is 6.11. The molecule has 7 heteroatoms. The third-order valence-electron chi connectivity index (χ3n) is 4.24. The number of rotatable bonds is 6. The molecule has 2 aromatic heterocycles. The van der Waals surface area contributed by atoms with Gasteiger partial charge in [-0.05, 0) is 55.4 Å². The fourth-order valence-corrected chi connectivity index (χ4v) is 2.99. The number of thiocarbonyl (C=S) groups is 1. The van der Waals surface area contributed by atoms with Crippen molar-refractivity contribution in [3.05, 3.63) is 42.1 Å². The molecule has 0 bridgehead atoms. The Hall–Kier alpha value is -2.80. The lowest BCUT2D eigenvalue weighted by atomic mass is 10.1. The predicted molar refractivity (Wildman–Crippen MR) is 110 cm³/mol. The first-order valence-electron chi connectivity index (χ1n) is 9.01. The number of anilines is 1. The molecule has 0 saturated carbocycles. The molecule has 2 heterocycles. The molecule has 27 heavy (non-hydrogen) atoms. The fraction of sp³-hybridized carbons (Fsp3) is 0.300. The summed E-state index contributed by atoms with van der Waals surface area (Å²) in [7, 11) is 0. The molecule has 0 aliphatic rings. The average Bonchev–Trinajstić information content (AvgIpc) is 3.07. The van der Waals surface area contributed by atoms with E-state index in [1.165, 1.54) is 0 Å². The van der Waals surface area contributed by atoms with Crippen molar-refractivity contribution < 1.29 is 9.21 Å². The molecule has 0 aliphatic carbocycles. The zero-order valence-corrected chi connectivity index (χ0v) is 16.2. The summed E-state index contributed by atoms with van der Waals surface area (Å²) in [6, 6.07) is 9.36. The van der Waals surface area contributed by atoms with Crippen LogP contribution in [0.25, 0.3) is 22.7 Å². The van der Waals surface area contributed by atoms with E-state index >= 15 is 0 Å². The van der Waals surface area contributed by atoms with Crippen LogP contribution in [0.2, 0.25) is 0 Å². The zero-order chi connectivity index (χ0) is 19.2. The SMILES string of the molecule is CCCCCC(=O)NC(=S)Nc1cccc(-c2nc3ncccc3o2)c1C. The minimum absolute atomic E-state index is 0.0696. The molecular formula is C20H22N4O2S. The van der Waals surface area contributed by atoms with Gasteiger partial charge in [-0.1, -0.05) is 25.8 Å². The number of amides is 1. The van der Waals surface area contributed by atoms with Gasteiger partial charge in [-0.3, -0.25) is 4.79 Å². The van der Waals surface area contributed by atoms with Crippen molar-refractivity contribution in [3.8, 4) is 11.5 Å². The van der Waals surface area contributed by atoms with E-state index in [-0.39, 0.29) is 11.0 Å². The largest absolute Gasteiger partial charge is 0.434 e. The van der Waals surface area contributed by atoms with E-state index in [9.17, 15) is 4.79 Å². The quantitative estimate of drug-likeness (QED) is 0.479. The number of oxazole rings is 1. The smallest absolute Gasteiger partial charge is 0.229 e. The maximum atomic E-state index is 11.9. The van der Waals surface area contributed by atoms with Gasteiger partial charge in [0.05, 0.1) is 0 Å². The molecule has 0 aliphatic heterocycles. The number of hydrogen-bond acceptors (Lipinski definition) is 5. The van der Waals surface area contributed by atoms with Crippen LogP contribution in [-0.4, -0.2) is 21.0 Å². The van der Waals surface area contributed by atoms with Crippen LogP contribution in [0, 0.1) is 6.92 Å². The van der Waals surface area contributed by atoms with Crippen molar-refractivity contribution in [3.63, 3.8) is 0 Å². The Labute approximate surface area is 163 Å². The van der Waals surface area contributed by atoms with Gasteiger partial charge in [-0.15, -0.1) is 0 Å². The molecule has 0 fully saturated rings. The number of carbonyl (C=O) groups excluding carboxylic acids is 1. The highest BCUT2D eigenvalue weighted by Crippen LogP contribution is 2.29. The van der Waals surface area contributed by atoms with E-state index in [0.717, 1.165) is 36.1 Å². The molecule has 0 radical (unpaired) electrons. The van der Waals surface area contributed by atoms with Gasteiger partial charge < -0.3 is 15.1 Å². The Balaban J connectivity index is 1.73. The molecule has 0 spiro atoms. The van der Waals surface area contributed by atoms with Crippen LogP contribution in [0.5, 0.6) is 0 Å². The summed E-state index contributed by atoms with van der Waals surface area (Å²) < 4.78 is 5.81. The molecule has 0 unspecified atom stereocenters. The summed E-state index contributed by atoms with van der Waals surface area (Å²) in [5.41, 5.74) is 3.77. The average molecular weight is 382 g/mol. The van der Waals surface area contributed by atoms with Crippen LogP contribution in [0.4, 0.5) is 5.69 Å². The summed E-state index contributed by atoms with van der Waals surface area (Å²) in [6.45, 7) is 4.05. The van der Waals surface area contributed by atoms with Crippen molar-refractivity contribution in [2.45, 2.75) is 39.5 Å². The van der Waals surface area contributed by atoms with E-state index in [2.05, 4.69) is 27.5 Å². The zero-order valence-electron chi connectivity index (χ0n) is 15.4. The van der Waals surface area contributed by atoms with E-state index in [1.54, 1.807) is 6.20 Å². The normalized spacial score (nSPS) is 10.7. The number of benzene rings is 1. The second kappa shape index (κ2) is 8.73. The predicted octanol–water partition coefficient (Wildman–Crippen LogP) is 4.59. The van der Waals surface area contributed by atoms with Gasteiger partial charge in [-0.25, -0.2) is 4.98 Å². The summed E-state index contributed by atoms with van der Waals surface area (Å²) >= 11 is 5.27. The molecule has 0 atom stereocenters. The van der Waals surface area contributed by atoms with Gasteiger partial charge >= 0.3 is 0 Å². The summed E-state index contributed by atoms with van der Waals surface area (Å²) in [6.07, 6.45) is 5.14. The van der Waals surface area contributed by atoms with E-state index in [0.29, 0.717) is 23.5 Å². The molecule has 1 aromatic carbocycles. The number of pyridine rings is 1. The van der Waals surface area contributed by atoms with Gasteiger partial charge in [0.1, 0.15) is 0 Å². The maximum Gasteiger partial charge on any atom is 0.229 e. The van der Waals surface area contributed by atoms with Crippen molar-refractivity contribution in [2.75, 3.05) is 5.32 Å². The highest BCUT2D eigenvalue weighted by molar-refractivity contribution is 7.80. The Kier molecular flexibility index (Phi) is 6.13.